The van der Waals surface area contributed by atoms with Crippen LogP contribution in [0, 0.1) is 5.92 Å². The van der Waals surface area contributed by atoms with Crippen molar-refractivity contribution in [2.75, 3.05) is 19.7 Å². The van der Waals surface area contributed by atoms with E-state index in [2.05, 4.69) is 41.1 Å². The van der Waals surface area contributed by atoms with Gasteiger partial charge >= 0.3 is 0 Å². The molecule has 1 aliphatic heterocycles. The van der Waals surface area contributed by atoms with Gasteiger partial charge in [0.2, 0.25) is 5.91 Å². The zero-order valence-corrected chi connectivity index (χ0v) is 19.9. The van der Waals surface area contributed by atoms with E-state index in [0.717, 1.165) is 69.4 Å². The Morgan fingerprint density at radius 2 is 2.03 bits per heavy atom. The summed E-state index contributed by atoms with van der Waals surface area (Å²) >= 11 is 3.55. The van der Waals surface area contributed by atoms with E-state index >= 15 is 0 Å². The molecule has 1 aliphatic rings. The number of rotatable bonds is 5. The number of halogens is 1. The van der Waals surface area contributed by atoms with Gasteiger partial charge in [0.15, 0.2) is 0 Å². The smallest absolute Gasteiger partial charge is 0.246 e. The first-order valence-corrected chi connectivity index (χ1v) is 11.7. The number of allylic oxidation sites excluding steroid dienone is 1. The Balaban J connectivity index is 1.73. The number of benzene rings is 2. The van der Waals surface area contributed by atoms with Crippen LogP contribution in [-0.4, -0.2) is 30.5 Å². The molecular weight excluding hydrogens is 454 g/mol. The van der Waals surface area contributed by atoms with E-state index in [9.17, 15) is 4.79 Å². The number of ether oxygens (including phenoxy) is 1. The topological polar surface area (TPSA) is 42.7 Å². The summed E-state index contributed by atoms with van der Waals surface area (Å²) in [5.41, 5.74) is 4.68. The number of nitrogens with zero attached hydrogens (tertiary/aromatic N) is 1. The molecule has 0 bridgehead atoms. The van der Waals surface area contributed by atoms with E-state index in [1.807, 2.05) is 36.9 Å². The minimum Gasteiger partial charge on any atom is -0.493 e. The molecule has 4 nitrogen and oxygen atoms in total. The molecule has 1 saturated heterocycles. The van der Waals surface area contributed by atoms with Crippen LogP contribution < -0.4 is 4.74 Å². The second-order valence-electron chi connectivity index (χ2n) is 8.27. The standard InChI is InChI=1S/C26H28BrNO3/c1-4-30-24-15-25-22(23(16-31-25)19-6-5-7-20(27)13-19)14-21(24)18(3)12-26(29)28-10-8-17(2)9-11-28/h5-7,12-17H,4,8-11H2,1-3H3/b18-12+. The van der Waals surface area contributed by atoms with Crippen molar-refractivity contribution in [2.24, 2.45) is 5.92 Å². The maximum atomic E-state index is 12.9. The van der Waals surface area contributed by atoms with Crippen LogP contribution in [0.25, 0.3) is 27.7 Å². The van der Waals surface area contributed by atoms with Crippen LogP contribution in [0.5, 0.6) is 5.75 Å². The van der Waals surface area contributed by atoms with E-state index in [0.29, 0.717) is 12.5 Å². The monoisotopic (exact) mass is 481 g/mol. The lowest BCUT2D eigenvalue weighted by molar-refractivity contribution is -0.127. The van der Waals surface area contributed by atoms with Crippen molar-refractivity contribution < 1.29 is 13.9 Å². The first-order valence-electron chi connectivity index (χ1n) is 10.9. The number of carbonyl (C=O) groups excluding carboxylic acids is 1. The van der Waals surface area contributed by atoms with Gasteiger partial charge in [-0.3, -0.25) is 4.79 Å². The summed E-state index contributed by atoms with van der Waals surface area (Å²) in [6.07, 6.45) is 5.67. The summed E-state index contributed by atoms with van der Waals surface area (Å²) in [6.45, 7) is 8.39. The predicted molar refractivity (Wildman–Crippen MR) is 129 cm³/mol. The maximum absolute atomic E-state index is 12.9. The Kier molecular flexibility index (Phi) is 6.51. The number of piperidine rings is 1. The normalized spacial score (nSPS) is 15.5. The van der Waals surface area contributed by atoms with Crippen LogP contribution in [0.2, 0.25) is 0 Å². The molecule has 1 aromatic heterocycles. The summed E-state index contributed by atoms with van der Waals surface area (Å²) in [7, 11) is 0. The molecule has 1 fully saturated rings. The van der Waals surface area contributed by atoms with Crippen molar-refractivity contribution in [1.29, 1.82) is 0 Å². The average molecular weight is 482 g/mol. The van der Waals surface area contributed by atoms with Crippen molar-refractivity contribution >= 4 is 38.4 Å². The molecule has 0 radical (unpaired) electrons. The van der Waals surface area contributed by atoms with Crippen molar-refractivity contribution in [3.8, 4) is 16.9 Å². The first kappa shape index (κ1) is 21.7. The molecule has 2 aromatic carbocycles. The number of amides is 1. The maximum Gasteiger partial charge on any atom is 0.246 e. The highest BCUT2D eigenvalue weighted by atomic mass is 79.9. The van der Waals surface area contributed by atoms with Crippen LogP contribution >= 0.6 is 15.9 Å². The van der Waals surface area contributed by atoms with Crippen LogP contribution in [0.4, 0.5) is 0 Å². The van der Waals surface area contributed by atoms with Crippen LogP contribution in [0.15, 0.2) is 57.6 Å². The van der Waals surface area contributed by atoms with Gasteiger partial charge in [0.1, 0.15) is 11.3 Å². The van der Waals surface area contributed by atoms with Crippen LogP contribution in [-0.2, 0) is 4.79 Å². The molecule has 0 unspecified atom stereocenters. The summed E-state index contributed by atoms with van der Waals surface area (Å²) in [4.78, 5) is 14.8. The molecule has 4 rings (SSSR count). The fourth-order valence-corrected chi connectivity index (χ4v) is 4.50. The molecule has 5 heteroatoms. The lowest BCUT2D eigenvalue weighted by Gasteiger charge is -2.29. The highest BCUT2D eigenvalue weighted by Crippen LogP contribution is 2.38. The molecule has 0 atom stereocenters. The van der Waals surface area contributed by atoms with E-state index in [4.69, 9.17) is 9.15 Å². The minimum absolute atomic E-state index is 0.0753. The fourth-order valence-electron chi connectivity index (χ4n) is 4.10. The molecule has 1 amide bonds. The third kappa shape index (κ3) is 4.72. The van der Waals surface area contributed by atoms with E-state index in [-0.39, 0.29) is 5.91 Å². The van der Waals surface area contributed by atoms with Gasteiger partial charge in [0.05, 0.1) is 12.9 Å². The lowest BCUT2D eigenvalue weighted by atomic mass is 9.98. The van der Waals surface area contributed by atoms with Crippen molar-refractivity contribution in [2.45, 2.75) is 33.6 Å². The second-order valence-corrected chi connectivity index (χ2v) is 9.19. The van der Waals surface area contributed by atoms with Gasteiger partial charge in [0.25, 0.3) is 0 Å². The largest absolute Gasteiger partial charge is 0.493 e. The van der Waals surface area contributed by atoms with Gasteiger partial charge < -0.3 is 14.1 Å². The number of likely N-dealkylation sites (tertiary alicyclic amines) is 1. The van der Waals surface area contributed by atoms with Crippen molar-refractivity contribution in [3.63, 3.8) is 0 Å². The average Bonchev–Trinajstić information content (AvgIpc) is 3.16. The SMILES string of the molecule is CCOc1cc2occ(-c3cccc(Br)c3)c2cc1/C(C)=C/C(=O)N1CCC(C)CC1. The predicted octanol–water partition coefficient (Wildman–Crippen LogP) is 6.92. The number of furan rings is 1. The number of carbonyl (C=O) groups is 1. The molecule has 3 aromatic rings. The van der Waals surface area contributed by atoms with Crippen molar-refractivity contribution in [1.82, 2.24) is 4.90 Å². The zero-order chi connectivity index (χ0) is 22.0. The van der Waals surface area contributed by atoms with E-state index < -0.39 is 0 Å². The molecule has 0 aliphatic carbocycles. The van der Waals surface area contributed by atoms with Gasteiger partial charge in [-0.2, -0.15) is 0 Å². The Labute approximate surface area is 192 Å². The second kappa shape index (κ2) is 9.31. The van der Waals surface area contributed by atoms with Gasteiger partial charge in [-0.25, -0.2) is 0 Å². The third-order valence-corrected chi connectivity index (χ3v) is 6.46. The third-order valence-electron chi connectivity index (χ3n) is 5.97. The number of fused-ring (bicyclic) bond motifs is 1. The van der Waals surface area contributed by atoms with E-state index in [1.165, 1.54) is 0 Å². The Morgan fingerprint density at radius 3 is 2.74 bits per heavy atom. The van der Waals surface area contributed by atoms with Gasteiger partial charge in [-0.15, -0.1) is 0 Å². The summed E-state index contributed by atoms with van der Waals surface area (Å²) in [5, 5.41) is 1.00. The molecule has 0 saturated carbocycles. The quantitative estimate of drug-likeness (QED) is 0.371. The van der Waals surface area contributed by atoms with Crippen LogP contribution in [0.1, 0.15) is 39.2 Å². The van der Waals surface area contributed by atoms with Gasteiger partial charge in [0, 0.05) is 46.2 Å². The summed E-state index contributed by atoms with van der Waals surface area (Å²) in [6, 6.07) is 12.2. The van der Waals surface area contributed by atoms with Gasteiger partial charge in [-0.05, 0) is 61.9 Å². The summed E-state index contributed by atoms with van der Waals surface area (Å²) < 4.78 is 12.8. The summed E-state index contributed by atoms with van der Waals surface area (Å²) in [5.74, 6) is 1.50. The molecule has 0 spiro atoms. The van der Waals surface area contributed by atoms with Gasteiger partial charge in [-0.1, -0.05) is 35.0 Å². The Morgan fingerprint density at radius 1 is 1.26 bits per heavy atom. The molecule has 162 valence electrons. The molecule has 2 heterocycles. The Hall–Kier alpha value is -2.53. The molecule has 31 heavy (non-hydrogen) atoms. The number of hydrogen-bond acceptors (Lipinski definition) is 3. The molecular formula is C26H28BrNO3. The fraction of sp³-hybridized carbons (Fsp3) is 0.346. The minimum atomic E-state index is 0.0753. The Bertz CT molecular complexity index is 1120. The van der Waals surface area contributed by atoms with E-state index in [1.54, 1.807) is 12.3 Å². The van der Waals surface area contributed by atoms with Crippen LogP contribution in [0.3, 0.4) is 0 Å². The number of hydrogen-bond donors (Lipinski definition) is 0. The highest BCUT2D eigenvalue weighted by Gasteiger charge is 2.20. The lowest BCUT2D eigenvalue weighted by Crippen LogP contribution is -2.36. The van der Waals surface area contributed by atoms with Crippen molar-refractivity contribution in [3.05, 3.63) is 58.8 Å². The molecule has 0 N–H and O–H groups in total. The first-order chi connectivity index (χ1) is 15.0. The highest BCUT2D eigenvalue weighted by molar-refractivity contribution is 9.10. The zero-order valence-electron chi connectivity index (χ0n) is 18.3.